The molecule has 0 spiro atoms. The Balaban J connectivity index is 1.07. The molecule has 3 aromatic carbocycles. The van der Waals surface area contributed by atoms with Crippen molar-refractivity contribution in [1.29, 1.82) is 0 Å². The molecule has 14 heteroatoms. The Labute approximate surface area is 310 Å². The van der Waals surface area contributed by atoms with E-state index in [1.165, 1.54) is 68.3 Å². The highest BCUT2D eigenvalue weighted by Gasteiger charge is 2.49. The molecule has 52 heavy (non-hydrogen) atoms. The normalized spacial score (nSPS) is 22.3. The Hall–Kier alpha value is -4.65. The van der Waals surface area contributed by atoms with E-state index in [0.29, 0.717) is 12.8 Å². The zero-order valence-electron chi connectivity index (χ0n) is 29.0. The summed E-state index contributed by atoms with van der Waals surface area (Å²) in [7, 11) is 5.77. The van der Waals surface area contributed by atoms with Crippen LogP contribution in [0.15, 0.2) is 48.5 Å². The lowest BCUT2D eigenvalue weighted by molar-refractivity contribution is -0.155. The summed E-state index contributed by atoms with van der Waals surface area (Å²) < 4.78 is 38.4. The summed E-state index contributed by atoms with van der Waals surface area (Å²) >= 11 is 12.0. The highest BCUT2D eigenvalue weighted by Crippen LogP contribution is 2.50. The fraction of sp³-hybridized carbons (Fsp3) is 0.395. The van der Waals surface area contributed by atoms with Gasteiger partial charge >= 0.3 is 18.1 Å². The van der Waals surface area contributed by atoms with Gasteiger partial charge in [0.15, 0.2) is 11.5 Å². The second-order valence-corrected chi connectivity index (χ2v) is 14.1. The van der Waals surface area contributed by atoms with Crippen LogP contribution in [0.5, 0.6) is 28.7 Å². The first-order valence-corrected chi connectivity index (χ1v) is 17.7. The fourth-order valence-electron chi connectivity index (χ4n) is 8.16. The van der Waals surface area contributed by atoms with E-state index in [0.717, 1.165) is 37.2 Å². The number of aromatic amines is 1. The number of fused-ring (bicyclic) bond motifs is 6. The average molecular weight is 754 g/mol. The number of piperidine rings is 1. The zero-order valence-corrected chi connectivity index (χ0v) is 30.5. The van der Waals surface area contributed by atoms with Crippen molar-refractivity contribution in [2.75, 3.05) is 41.5 Å². The van der Waals surface area contributed by atoms with Crippen molar-refractivity contribution in [3.8, 4) is 28.7 Å². The number of benzene rings is 3. The van der Waals surface area contributed by atoms with Gasteiger partial charge in [0.1, 0.15) is 17.6 Å². The molecule has 1 aromatic heterocycles. The number of nitrogens with zero attached hydrogens (tertiary/aromatic N) is 1. The summed E-state index contributed by atoms with van der Waals surface area (Å²) in [5, 5.41) is 1.74. The van der Waals surface area contributed by atoms with Gasteiger partial charge in [0.2, 0.25) is 5.75 Å². The Kier molecular flexibility index (Phi) is 10.1. The van der Waals surface area contributed by atoms with Gasteiger partial charge in [-0.25, -0.2) is 9.59 Å². The lowest BCUT2D eigenvalue weighted by atomic mass is 9.65. The van der Waals surface area contributed by atoms with Crippen LogP contribution in [0.2, 0.25) is 10.0 Å². The molecule has 5 unspecified atom stereocenters. The second-order valence-electron chi connectivity index (χ2n) is 13.2. The second kappa shape index (κ2) is 14.8. The molecule has 7 rings (SSSR count). The van der Waals surface area contributed by atoms with E-state index < -0.39 is 24.1 Å². The Bertz CT molecular complexity index is 1990. The highest BCUT2D eigenvalue weighted by molar-refractivity contribution is 6.34. The van der Waals surface area contributed by atoms with Gasteiger partial charge in [0.05, 0.1) is 46.0 Å². The Morgan fingerprint density at radius 1 is 0.827 bits per heavy atom. The highest BCUT2D eigenvalue weighted by atomic mass is 35.5. The maximum Gasteiger partial charge on any atom is 0.519 e. The van der Waals surface area contributed by atoms with Crippen LogP contribution < -0.4 is 23.7 Å². The molecule has 2 aliphatic heterocycles. The minimum absolute atomic E-state index is 0.0294. The van der Waals surface area contributed by atoms with Crippen LogP contribution in [0.1, 0.15) is 46.9 Å². The molecule has 1 N–H and O–H groups in total. The molecule has 1 saturated carbocycles. The third-order valence-corrected chi connectivity index (χ3v) is 10.9. The molecule has 0 radical (unpaired) electrons. The number of hydrogen-bond donors (Lipinski definition) is 1. The molecule has 0 amide bonds. The van der Waals surface area contributed by atoms with Crippen LogP contribution in [0.3, 0.4) is 0 Å². The number of methoxy groups -OCH3 is 4. The number of rotatable bonds is 8. The molecule has 1 saturated heterocycles. The van der Waals surface area contributed by atoms with Crippen LogP contribution in [0, 0.1) is 17.8 Å². The van der Waals surface area contributed by atoms with Crippen molar-refractivity contribution in [2.45, 2.75) is 37.8 Å². The van der Waals surface area contributed by atoms with Crippen LogP contribution in [0.4, 0.5) is 4.79 Å². The summed E-state index contributed by atoms with van der Waals surface area (Å²) in [6.07, 6.45) is 0.967. The number of halogens is 2. The number of nitrogens with one attached hydrogen (secondary N) is 1. The topological polar surface area (TPSA) is 135 Å². The molecule has 5 atom stereocenters. The smallest absolute Gasteiger partial charge is 0.497 e. The molecule has 1 aliphatic carbocycles. The maximum absolute atomic E-state index is 13.7. The largest absolute Gasteiger partial charge is 0.519 e. The summed E-state index contributed by atoms with van der Waals surface area (Å²) in [6, 6.07) is 13.3. The van der Waals surface area contributed by atoms with Crippen LogP contribution >= 0.6 is 23.2 Å². The van der Waals surface area contributed by atoms with Crippen molar-refractivity contribution in [1.82, 2.24) is 9.88 Å². The molecule has 12 nitrogen and oxygen atoms in total. The SMILES string of the molecule is COC(=O)C1CC(OC(=O)c2cc(OC)c(OC(=O)Oc3cc(Cl)cc(Cl)c3)c(OC)c2)CC2CN3CCc4c([nH]c5cc(OC)ccc45)C3CC21. The average Bonchev–Trinajstić information content (AvgIpc) is 3.51. The lowest BCUT2D eigenvalue weighted by Gasteiger charge is -2.51. The number of H-pyrrole nitrogens is 1. The van der Waals surface area contributed by atoms with Crippen molar-refractivity contribution in [2.24, 2.45) is 17.8 Å². The van der Waals surface area contributed by atoms with E-state index in [9.17, 15) is 14.4 Å². The zero-order chi connectivity index (χ0) is 36.7. The van der Waals surface area contributed by atoms with Crippen molar-refractivity contribution in [3.63, 3.8) is 0 Å². The number of carbonyl (C=O) groups is 3. The fourth-order valence-corrected chi connectivity index (χ4v) is 8.67. The van der Waals surface area contributed by atoms with E-state index in [2.05, 4.69) is 16.0 Å². The van der Waals surface area contributed by atoms with E-state index >= 15 is 0 Å². The first-order chi connectivity index (χ1) is 25.1. The van der Waals surface area contributed by atoms with Gasteiger partial charge in [0.25, 0.3) is 0 Å². The van der Waals surface area contributed by atoms with E-state index in [1.54, 1.807) is 7.11 Å². The predicted molar refractivity (Wildman–Crippen MR) is 191 cm³/mol. The number of esters is 2. The molecular weight excluding hydrogens is 715 g/mol. The van der Waals surface area contributed by atoms with E-state index in [-0.39, 0.29) is 62.5 Å². The summed E-state index contributed by atoms with van der Waals surface area (Å²) in [6.45, 7) is 1.65. The molecule has 4 aromatic rings. The van der Waals surface area contributed by atoms with Crippen molar-refractivity contribution in [3.05, 3.63) is 75.4 Å². The van der Waals surface area contributed by atoms with Crippen molar-refractivity contribution < 1.29 is 47.5 Å². The molecule has 2 fully saturated rings. The van der Waals surface area contributed by atoms with Gasteiger partial charge in [-0.3, -0.25) is 9.69 Å². The molecular formula is C38H38Cl2N2O10. The van der Waals surface area contributed by atoms with Crippen LogP contribution in [-0.2, 0) is 20.7 Å². The standard InChI is InChI=1S/C38H38Cl2N2O10/c1-46-23-5-6-26-27-7-8-42-18-20-9-24(15-29(37(44)49-4)28(20)17-31(42)34(27)41-30(26)16-23)50-36(43)19-10-32(47-2)35(33(11-19)48-3)52-38(45)51-25-13-21(39)12-22(40)14-25/h5-6,10-14,16,20,24,28-29,31,41H,7-9,15,17-18H2,1-4H3. The van der Waals surface area contributed by atoms with Gasteiger partial charge in [-0.2, -0.15) is 0 Å². The molecule has 3 heterocycles. The first kappa shape index (κ1) is 35.7. The summed E-state index contributed by atoms with van der Waals surface area (Å²) in [5.74, 6) is -0.420. The van der Waals surface area contributed by atoms with Crippen molar-refractivity contribution >= 4 is 52.2 Å². The number of aromatic nitrogens is 1. The van der Waals surface area contributed by atoms with Gasteiger partial charge in [-0.1, -0.05) is 23.2 Å². The van der Waals surface area contributed by atoms with Gasteiger partial charge in [0, 0.05) is 45.8 Å². The van der Waals surface area contributed by atoms with Gasteiger partial charge in [-0.15, -0.1) is 0 Å². The van der Waals surface area contributed by atoms with Gasteiger partial charge in [-0.05, 0) is 85.5 Å². The third-order valence-electron chi connectivity index (χ3n) is 10.4. The minimum Gasteiger partial charge on any atom is -0.497 e. The molecule has 3 aliphatic rings. The van der Waals surface area contributed by atoms with Crippen LogP contribution in [-0.4, -0.2) is 75.6 Å². The van der Waals surface area contributed by atoms with Crippen LogP contribution in [0.25, 0.3) is 10.9 Å². The Morgan fingerprint density at radius 3 is 2.23 bits per heavy atom. The third kappa shape index (κ3) is 6.94. The minimum atomic E-state index is -1.11. The van der Waals surface area contributed by atoms with E-state index in [4.69, 9.17) is 56.4 Å². The molecule has 274 valence electrons. The maximum atomic E-state index is 13.7. The summed E-state index contributed by atoms with van der Waals surface area (Å²) in [4.78, 5) is 45.8. The monoisotopic (exact) mass is 752 g/mol. The molecule has 0 bridgehead atoms. The predicted octanol–water partition coefficient (Wildman–Crippen LogP) is 7.42. The number of ether oxygens (including phenoxy) is 7. The number of carbonyl (C=O) groups excluding carboxylic acids is 3. The first-order valence-electron chi connectivity index (χ1n) is 16.9. The quantitative estimate of drug-likeness (QED) is 0.142. The lowest BCUT2D eigenvalue weighted by Crippen LogP contribution is -2.52. The summed E-state index contributed by atoms with van der Waals surface area (Å²) in [5.41, 5.74) is 3.67. The Morgan fingerprint density at radius 2 is 1.56 bits per heavy atom. The number of hydrogen-bond acceptors (Lipinski definition) is 11. The van der Waals surface area contributed by atoms with E-state index in [1.807, 2.05) is 12.1 Å². The van der Waals surface area contributed by atoms with Gasteiger partial charge < -0.3 is 38.1 Å².